The average molecular weight is 331 g/mol. The van der Waals surface area contributed by atoms with E-state index in [1.165, 1.54) is 0 Å². The van der Waals surface area contributed by atoms with Crippen molar-refractivity contribution in [1.82, 2.24) is 20.0 Å². The van der Waals surface area contributed by atoms with E-state index < -0.39 is 0 Å². The van der Waals surface area contributed by atoms with E-state index in [1.807, 2.05) is 10.9 Å². The number of hydrogen-bond acceptors (Lipinski definition) is 4. The molecule has 0 radical (unpaired) electrons. The van der Waals surface area contributed by atoms with Crippen molar-refractivity contribution in [2.75, 3.05) is 31.1 Å². The van der Waals surface area contributed by atoms with E-state index in [1.54, 1.807) is 16.0 Å². The zero-order valence-corrected chi connectivity index (χ0v) is 13.5. The van der Waals surface area contributed by atoms with Crippen LogP contribution in [0.15, 0.2) is 12.4 Å². The summed E-state index contributed by atoms with van der Waals surface area (Å²) in [7, 11) is 0. The van der Waals surface area contributed by atoms with Gasteiger partial charge in [-0.15, -0.1) is 0 Å². The second-order valence-corrected chi connectivity index (χ2v) is 6.76. The molecule has 8 heteroatoms. The van der Waals surface area contributed by atoms with Gasteiger partial charge in [0.05, 0.1) is 17.9 Å². The van der Waals surface area contributed by atoms with Crippen LogP contribution in [0.4, 0.5) is 5.69 Å². The third-order valence-electron chi connectivity index (χ3n) is 5.12. The minimum absolute atomic E-state index is 0.0383. The van der Waals surface area contributed by atoms with Crippen LogP contribution >= 0.6 is 0 Å². The molecule has 3 fully saturated rings. The molecule has 0 aliphatic carbocycles. The molecule has 128 valence electrons. The van der Waals surface area contributed by atoms with Crippen molar-refractivity contribution in [2.24, 2.45) is 5.92 Å². The van der Waals surface area contributed by atoms with Gasteiger partial charge < -0.3 is 15.1 Å². The summed E-state index contributed by atoms with van der Waals surface area (Å²) in [5, 5.41) is 7.11. The Morgan fingerprint density at radius 1 is 1.29 bits per heavy atom. The topological polar surface area (TPSA) is 87.5 Å². The van der Waals surface area contributed by atoms with Gasteiger partial charge in [-0.25, -0.2) is 0 Å². The lowest BCUT2D eigenvalue weighted by Gasteiger charge is -2.41. The fourth-order valence-electron chi connectivity index (χ4n) is 3.64. The van der Waals surface area contributed by atoms with Crippen LogP contribution in [0.25, 0.3) is 0 Å². The maximum Gasteiger partial charge on any atom is 0.227 e. The quantitative estimate of drug-likeness (QED) is 0.839. The highest BCUT2D eigenvalue weighted by atomic mass is 16.2. The lowest BCUT2D eigenvalue weighted by atomic mass is 9.94. The zero-order chi connectivity index (χ0) is 16.7. The summed E-state index contributed by atoms with van der Waals surface area (Å²) in [6.07, 6.45) is 6.12. The van der Waals surface area contributed by atoms with Gasteiger partial charge in [0.2, 0.25) is 17.7 Å². The van der Waals surface area contributed by atoms with Gasteiger partial charge in [0.25, 0.3) is 0 Å². The van der Waals surface area contributed by atoms with Crippen LogP contribution in [0.3, 0.4) is 0 Å². The van der Waals surface area contributed by atoms with E-state index >= 15 is 0 Å². The Hall–Kier alpha value is -2.38. The zero-order valence-electron chi connectivity index (χ0n) is 13.5. The SMILES string of the molecule is O=C1CC(C(=O)N2CC(n3cc(N4CCCC4=O)cn3)C2)CCN1. The molecule has 0 aromatic carbocycles. The number of nitrogens with zero attached hydrogens (tertiary/aromatic N) is 4. The first kappa shape index (κ1) is 15.2. The number of anilines is 1. The molecule has 1 atom stereocenters. The van der Waals surface area contributed by atoms with Crippen molar-refractivity contribution >= 4 is 23.4 Å². The van der Waals surface area contributed by atoms with E-state index in [0.717, 1.165) is 18.7 Å². The van der Waals surface area contributed by atoms with Gasteiger partial charge >= 0.3 is 0 Å². The fraction of sp³-hybridized carbons (Fsp3) is 0.625. The van der Waals surface area contributed by atoms with Crippen molar-refractivity contribution in [1.29, 1.82) is 0 Å². The molecule has 4 heterocycles. The number of hydrogen-bond donors (Lipinski definition) is 1. The van der Waals surface area contributed by atoms with Crippen LogP contribution in [-0.4, -0.2) is 58.6 Å². The van der Waals surface area contributed by atoms with Crippen molar-refractivity contribution in [3.8, 4) is 0 Å². The first-order valence-corrected chi connectivity index (χ1v) is 8.52. The molecule has 1 aromatic heterocycles. The minimum Gasteiger partial charge on any atom is -0.356 e. The van der Waals surface area contributed by atoms with Crippen LogP contribution in [0, 0.1) is 5.92 Å². The predicted octanol–water partition coefficient (Wildman–Crippen LogP) is -0.0806. The summed E-state index contributed by atoms with van der Waals surface area (Å²) in [5.74, 6) is -0.00230. The summed E-state index contributed by atoms with van der Waals surface area (Å²) in [6, 6.07) is 0.151. The second-order valence-electron chi connectivity index (χ2n) is 6.76. The van der Waals surface area contributed by atoms with Gasteiger partial charge in [-0.3, -0.25) is 19.1 Å². The molecule has 1 unspecified atom stereocenters. The predicted molar refractivity (Wildman–Crippen MR) is 85.2 cm³/mol. The Balaban J connectivity index is 1.34. The summed E-state index contributed by atoms with van der Waals surface area (Å²) in [5.41, 5.74) is 0.839. The molecule has 1 N–H and O–H groups in total. The highest BCUT2D eigenvalue weighted by Gasteiger charge is 2.37. The standard InChI is InChI=1S/C16H21N5O3/c22-14-6-11(3-4-17-14)16(24)19-8-13(9-19)21-10-12(7-18-21)20-5-1-2-15(20)23/h7,10-11,13H,1-6,8-9H2,(H,17,22). The van der Waals surface area contributed by atoms with Gasteiger partial charge in [-0.2, -0.15) is 5.10 Å². The Morgan fingerprint density at radius 2 is 2.12 bits per heavy atom. The van der Waals surface area contributed by atoms with Gasteiger partial charge in [0.15, 0.2) is 0 Å². The summed E-state index contributed by atoms with van der Waals surface area (Å²) in [6.45, 7) is 2.57. The Kier molecular flexibility index (Phi) is 3.74. The van der Waals surface area contributed by atoms with E-state index in [0.29, 0.717) is 38.9 Å². The number of nitrogens with one attached hydrogen (secondary N) is 1. The third-order valence-corrected chi connectivity index (χ3v) is 5.12. The molecule has 0 saturated carbocycles. The van der Waals surface area contributed by atoms with Crippen LogP contribution in [0.2, 0.25) is 0 Å². The Bertz CT molecular complexity index is 679. The lowest BCUT2D eigenvalue weighted by Crippen LogP contribution is -2.54. The maximum absolute atomic E-state index is 12.4. The molecule has 0 bridgehead atoms. The normalized spacial score (nSPS) is 24.9. The van der Waals surface area contributed by atoms with Gasteiger partial charge in [0, 0.05) is 51.1 Å². The molecular formula is C16H21N5O3. The molecule has 3 aliphatic heterocycles. The first-order chi connectivity index (χ1) is 11.6. The molecule has 0 spiro atoms. The molecule has 24 heavy (non-hydrogen) atoms. The number of likely N-dealkylation sites (tertiary alicyclic amines) is 1. The van der Waals surface area contributed by atoms with E-state index in [4.69, 9.17) is 0 Å². The molecule has 1 aromatic rings. The van der Waals surface area contributed by atoms with E-state index in [9.17, 15) is 14.4 Å². The number of piperidine rings is 1. The lowest BCUT2D eigenvalue weighted by molar-refractivity contribution is -0.145. The number of aromatic nitrogens is 2. The Morgan fingerprint density at radius 3 is 2.83 bits per heavy atom. The minimum atomic E-state index is -0.185. The molecular weight excluding hydrogens is 310 g/mol. The van der Waals surface area contributed by atoms with Crippen molar-refractivity contribution in [2.45, 2.75) is 31.7 Å². The van der Waals surface area contributed by atoms with Crippen molar-refractivity contribution in [3.05, 3.63) is 12.4 Å². The van der Waals surface area contributed by atoms with Crippen LogP contribution < -0.4 is 10.2 Å². The second kappa shape index (κ2) is 5.92. The number of carbonyl (C=O) groups is 3. The van der Waals surface area contributed by atoms with Crippen LogP contribution in [-0.2, 0) is 14.4 Å². The fourth-order valence-corrected chi connectivity index (χ4v) is 3.64. The van der Waals surface area contributed by atoms with Crippen molar-refractivity contribution < 1.29 is 14.4 Å². The summed E-state index contributed by atoms with van der Waals surface area (Å²) < 4.78 is 1.85. The molecule has 8 nitrogen and oxygen atoms in total. The number of amides is 3. The van der Waals surface area contributed by atoms with Crippen LogP contribution in [0.1, 0.15) is 31.7 Å². The molecule has 3 saturated heterocycles. The van der Waals surface area contributed by atoms with E-state index in [2.05, 4.69) is 10.4 Å². The number of rotatable bonds is 3. The van der Waals surface area contributed by atoms with E-state index in [-0.39, 0.29) is 29.7 Å². The van der Waals surface area contributed by atoms with Gasteiger partial charge in [-0.05, 0) is 12.8 Å². The Labute approximate surface area is 139 Å². The maximum atomic E-state index is 12.4. The highest BCUT2D eigenvalue weighted by Crippen LogP contribution is 2.28. The van der Waals surface area contributed by atoms with Crippen molar-refractivity contribution in [3.63, 3.8) is 0 Å². The monoisotopic (exact) mass is 331 g/mol. The summed E-state index contributed by atoms with van der Waals surface area (Å²) >= 11 is 0. The molecule has 3 amide bonds. The smallest absolute Gasteiger partial charge is 0.227 e. The largest absolute Gasteiger partial charge is 0.356 e. The van der Waals surface area contributed by atoms with Gasteiger partial charge in [0.1, 0.15) is 0 Å². The average Bonchev–Trinajstić information content (AvgIpc) is 3.14. The molecule has 3 aliphatic rings. The number of carbonyl (C=O) groups excluding carboxylic acids is 3. The van der Waals surface area contributed by atoms with Crippen LogP contribution in [0.5, 0.6) is 0 Å². The molecule has 4 rings (SSSR count). The highest BCUT2D eigenvalue weighted by molar-refractivity contribution is 5.95. The third kappa shape index (κ3) is 2.65. The first-order valence-electron chi connectivity index (χ1n) is 8.52. The van der Waals surface area contributed by atoms with Gasteiger partial charge in [-0.1, -0.05) is 0 Å². The summed E-state index contributed by atoms with van der Waals surface area (Å²) in [4.78, 5) is 39.2.